The van der Waals surface area contributed by atoms with E-state index in [1.165, 1.54) is 24.8 Å². The lowest BCUT2D eigenvalue weighted by Gasteiger charge is -2.34. The Bertz CT molecular complexity index is 630. The van der Waals surface area contributed by atoms with Crippen LogP contribution in [0, 0.1) is 5.92 Å². The Morgan fingerprint density at radius 3 is 2.56 bits per heavy atom. The molecule has 0 unspecified atom stereocenters. The van der Waals surface area contributed by atoms with Gasteiger partial charge in [0.05, 0.1) is 7.11 Å². The number of hydrogen-bond acceptors (Lipinski definition) is 3. The van der Waals surface area contributed by atoms with Gasteiger partial charge in [-0.3, -0.25) is 4.79 Å². The van der Waals surface area contributed by atoms with Crippen molar-refractivity contribution in [3.05, 3.63) is 41.5 Å². The number of hydrogen-bond donors (Lipinski definition) is 0. The number of amides is 1. The number of carbonyl (C=O) groups excluding carboxylic acids is 1. The van der Waals surface area contributed by atoms with Crippen molar-refractivity contribution < 1.29 is 9.53 Å². The van der Waals surface area contributed by atoms with Crippen molar-refractivity contribution in [1.82, 2.24) is 9.80 Å². The molecule has 0 aromatic heterocycles. The van der Waals surface area contributed by atoms with Crippen LogP contribution in [0.25, 0.3) is 0 Å². The number of ether oxygens (including phenoxy) is 1. The topological polar surface area (TPSA) is 32.8 Å². The molecule has 0 bridgehead atoms. The summed E-state index contributed by atoms with van der Waals surface area (Å²) in [5, 5.41) is 0. The van der Waals surface area contributed by atoms with Crippen LogP contribution in [0.1, 0.15) is 44.1 Å². The lowest BCUT2D eigenvalue weighted by atomic mass is 9.94. The van der Waals surface area contributed by atoms with Gasteiger partial charge in [0, 0.05) is 25.7 Å². The van der Waals surface area contributed by atoms with Crippen molar-refractivity contribution >= 4 is 5.91 Å². The van der Waals surface area contributed by atoms with Crippen LogP contribution < -0.4 is 4.74 Å². The lowest BCUT2D eigenvalue weighted by molar-refractivity contribution is -0.126. The van der Waals surface area contributed by atoms with Crippen molar-refractivity contribution in [2.45, 2.75) is 44.9 Å². The van der Waals surface area contributed by atoms with Gasteiger partial charge in [0.1, 0.15) is 5.75 Å². The molecule has 1 aromatic carbocycles. The molecule has 0 radical (unpaired) electrons. The predicted molar refractivity (Wildman–Crippen MR) is 110 cm³/mol. The summed E-state index contributed by atoms with van der Waals surface area (Å²) in [6, 6.07) is 8.39. The summed E-state index contributed by atoms with van der Waals surface area (Å²) in [4.78, 5) is 17.1. The first-order valence-corrected chi connectivity index (χ1v) is 10.5. The zero-order chi connectivity index (χ0) is 19.1. The monoisotopic (exact) mass is 370 g/mol. The number of allylic oxidation sites excluding steroid dienone is 1. The molecule has 0 atom stereocenters. The molecule has 1 amide bonds. The zero-order valence-electron chi connectivity index (χ0n) is 17.0. The van der Waals surface area contributed by atoms with E-state index in [-0.39, 0.29) is 5.91 Å². The fourth-order valence-electron chi connectivity index (χ4n) is 4.22. The van der Waals surface area contributed by atoms with E-state index in [9.17, 15) is 4.79 Å². The average Bonchev–Trinajstić information content (AvgIpc) is 2.73. The number of nitrogens with zero attached hydrogens (tertiary/aromatic N) is 2. The number of benzene rings is 1. The van der Waals surface area contributed by atoms with Gasteiger partial charge in [-0.25, -0.2) is 0 Å². The number of carbonyl (C=O) groups is 1. The van der Waals surface area contributed by atoms with E-state index < -0.39 is 0 Å². The Hall–Kier alpha value is -1.81. The van der Waals surface area contributed by atoms with E-state index in [1.807, 2.05) is 24.1 Å². The minimum Gasteiger partial charge on any atom is -0.497 e. The van der Waals surface area contributed by atoms with Crippen LogP contribution in [-0.4, -0.2) is 56.0 Å². The van der Waals surface area contributed by atoms with Crippen LogP contribution in [0.2, 0.25) is 0 Å². The van der Waals surface area contributed by atoms with E-state index in [1.54, 1.807) is 7.11 Å². The van der Waals surface area contributed by atoms with Crippen molar-refractivity contribution in [3.63, 3.8) is 0 Å². The van der Waals surface area contributed by atoms with Crippen LogP contribution >= 0.6 is 0 Å². The van der Waals surface area contributed by atoms with Crippen molar-refractivity contribution in [2.75, 3.05) is 40.3 Å². The van der Waals surface area contributed by atoms with Crippen LogP contribution in [0.5, 0.6) is 5.75 Å². The molecule has 1 saturated heterocycles. The fraction of sp³-hybridized carbons (Fsp3) is 0.609. The van der Waals surface area contributed by atoms with Gasteiger partial charge < -0.3 is 14.5 Å². The van der Waals surface area contributed by atoms with Gasteiger partial charge in [-0.2, -0.15) is 0 Å². The predicted octanol–water partition coefficient (Wildman–Crippen LogP) is 3.91. The molecule has 1 fully saturated rings. The molecular weight excluding hydrogens is 336 g/mol. The largest absolute Gasteiger partial charge is 0.497 e. The molecule has 4 nitrogen and oxygen atoms in total. The summed E-state index contributed by atoms with van der Waals surface area (Å²) in [6.07, 6.45) is 10.1. The molecule has 3 rings (SSSR count). The van der Waals surface area contributed by atoms with E-state index >= 15 is 0 Å². The van der Waals surface area contributed by atoms with Gasteiger partial charge in [0.15, 0.2) is 0 Å². The van der Waals surface area contributed by atoms with Gasteiger partial charge in [0.2, 0.25) is 5.91 Å². The van der Waals surface area contributed by atoms with Crippen LogP contribution in [-0.2, 0) is 11.2 Å². The van der Waals surface area contributed by atoms with Crippen molar-refractivity contribution in [1.29, 1.82) is 0 Å². The zero-order valence-corrected chi connectivity index (χ0v) is 17.0. The second-order valence-electron chi connectivity index (χ2n) is 8.04. The Morgan fingerprint density at radius 2 is 1.93 bits per heavy atom. The number of likely N-dealkylation sites (N-methyl/N-ethyl adjacent to an activating group) is 1. The van der Waals surface area contributed by atoms with Crippen LogP contribution in [0.15, 0.2) is 35.9 Å². The number of rotatable bonds is 7. The molecule has 1 heterocycles. The summed E-state index contributed by atoms with van der Waals surface area (Å²) in [5.74, 6) is 1.82. The molecule has 1 aromatic rings. The highest BCUT2D eigenvalue weighted by Gasteiger charge is 2.23. The van der Waals surface area contributed by atoms with E-state index in [2.05, 4.69) is 23.1 Å². The van der Waals surface area contributed by atoms with Gasteiger partial charge in [0.25, 0.3) is 0 Å². The first-order chi connectivity index (χ1) is 13.2. The van der Waals surface area contributed by atoms with Gasteiger partial charge in [-0.05, 0) is 81.6 Å². The van der Waals surface area contributed by atoms with Gasteiger partial charge >= 0.3 is 0 Å². The first-order valence-electron chi connectivity index (χ1n) is 10.5. The molecule has 1 aliphatic heterocycles. The molecule has 4 heteroatoms. The quantitative estimate of drug-likeness (QED) is 0.729. The van der Waals surface area contributed by atoms with E-state index in [0.717, 1.165) is 63.2 Å². The smallest absolute Gasteiger partial charge is 0.249 e. The molecule has 0 saturated carbocycles. The Morgan fingerprint density at radius 1 is 1.19 bits per heavy atom. The van der Waals surface area contributed by atoms with Gasteiger partial charge in [-0.15, -0.1) is 0 Å². The van der Waals surface area contributed by atoms with Crippen LogP contribution in [0.3, 0.4) is 0 Å². The van der Waals surface area contributed by atoms with E-state index in [0.29, 0.717) is 5.92 Å². The molecular formula is C23H34N2O2. The maximum absolute atomic E-state index is 12.6. The number of piperidine rings is 1. The van der Waals surface area contributed by atoms with E-state index in [4.69, 9.17) is 4.74 Å². The Kier molecular flexibility index (Phi) is 7.33. The van der Waals surface area contributed by atoms with Crippen LogP contribution in [0.4, 0.5) is 0 Å². The second kappa shape index (κ2) is 9.93. The third-order valence-electron chi connectivity index (χ3n) is 6.03. The highest BCUT2D eigenvalue weighted by atomic mass is 16.5. The normalized spacial score (nSPS) is 18.8. The second-order valence-corrected chi connectivity index (χ2v) is 8.04. The minimum absolute atomic E-state index is 0.261. The first kappa shape index (κ1) is 19.9. The summed E-state index contributed by atoms with van der Waals surface area (Å²) >= 11 is 0. The molecule has 1 aliphatic carbocycles. The maximum Gasteiger partial charge on any atom is 0.249 e. The lowest BCUT2D eigenvalue weighted by Crippen LogP contribution is -2.40. The highest BCUT2D eigenvalue weighted by molar-refractivity contribution is 5.93. The molecule has 0 N–H and O–H groups in total. The Balaban J connectivity index is 1.38. The molecule has 148 valence electrons. The van der Waals surface area contributed by atoms with Gasteiger partial charge in [-0.1, -0.05) is 18.2 Å². The molecule has 2 aliphatic rings. The van der Waals surface area contributed by atoms with Crippen molar-refractivity contribution in [3.8, 4) is 5.75 Å². The fourth-order valence-corrected chi connectivity index (χ4v) is 4.22. The summed E-state index contributed by atoms with van der Waals surface area (Å²) < 4.78 is 5.22. The highest BCUT2D eigenvalue weighted by Crippen LogP contribution is 2.22. The average molecular weight is 371 g/mol. The third kappa shape index (κ3) is 5.83. The number of likely N-dealkylation sites (tertiary alicyclic amines) is 1. The minimum atomic E-state index is 0.261. The molecule has 27 heavy (non-hydrogen) atoms. The SMILES string of the molecule is COc1ccc(CCN2CCC(CN(C)C(=O)C3=CCCCC3)CC2)cc1. The maximum atomic E-state index is 12.6. The third-order valence-corrected chi connectivity index (χ3v) is 6.03. The summed E-state index contributed by atoms with van der Waals surface area (Å²) in [7, 11) is 3.68. The Labute approximate surface area is 164 Å². The number of methoxy groups -OCH3 is 1. The molecule has 0 spiro atoms. The summed E-state index contributed by atoms with van der Waals surface area (Å²) in [6.45, 7) is 4.31. The summed E-state index contributed by atoms with van der Waals surface area (Å²) in [5.41, 5.74) is 2.41. The standard InChI is InChI=1S/C23H34N2O2/c1-24(23(26)21-6-4-3-5-7-21)18-20-13-16-25(17-14-20)15-12-19-8-10-22(27-2)11-9-19/h6,8-11,20H,3-5,7,12-18H2,1-2H3. The van der Waals surface area contributed by atoms with Crippen molar-refractivity contribution in [2.24, 2.45) is 5.92 Å².